The van der Waals surface area contributed by atoms with Crippen LogP contribution in [0.2, 0.25) is 0 Å². The molecule has 1 aliphatic carbocycles. The van der Waals surface area contributed by atoms with Crippen molar-refractivity contribution in [3.8, 4) is 11.1 Å². The second-order valence-corrected chi connectivity index (χ2v) is 12.3. The van der Waals surface area contributed by atoms with Gasteiger partial charge >= 0.3 is 12.1 Å². The Hall–Kier alpha value is -4.99. The first kappa shape index (κ1) is 32.0. The monoisotopic (exact) mass is 633 g/mol. The number of carboxylic acid groups (broad SMARTS) is 1. The summed E-state index contributed by atoms with van der Waals surface area (Å²) in [5.41, 5.74) is 4.93. The van der Waals surface area contributed by atoms with Gasteiger partial charge in [0.25, 0.3) is 0 Å². The lowest BCUT2D eigenvalue weighted by atomic mass is 9.96. The normalized spacial score (nSPS) is 18.5. The molecule has 2 aliphatic rings. The fourth-order valence-corrected chi connectivity index (χ4v) is 6.60. The van der Waals surface area contributed by atoms with Crippen molar-refractivity contribution in [1.82, 2.24) is 15.5 Å². The minimum atomic E-state index is -1.41. The topological polar surface area (TPSA) is 117 Å². The molecule has 242 valence electrons. The highest BCUT2D eigenvalue weighted by atomic mass is 16.5. The van der Waals surface area contributed by atoms with Crippen molar-refractivity contribution in [2.45, 2.75) is 50.1 Å². The van der Waals surface area contributed by atoms with E-state index in [9.17, 15) is 19.5 Å². The Bertz CT molecular complexity index is 1670. The van der Waals surface area contributed by atoms with Crippen molar-refractivity contribution in [3.05, 3.63) is 131 Å². The van der Waals surface area contributed by atoms with E-state index in [0.29, 0.717) is 13.1 Å². The van der Waals surface area contributed by atoms with E-state index in [4.69, 9.17) is 9.47 Å². The number of nitrogens with one attached hydrogen (secondary N) is 2. The van der Waals surface area contributed by atoms with Crippen LogP contribution in [0, 0.1) is 0 Å². The molecule has 1 unspecified atom stereocenters. The highest BCUT2D eigenvalue weighted by Gasteiger charge is 2.48. The predicted molar refractivity (Wildman–Crippen MR) is 178 cm³/mol. The van der Waals surface area contributed by atoms with Crippen LogP contribution in [-0.2, 0) is 32.2 Å². The molecule has 1 heterocycles. The number of nitrogens with zero attached hydrogens (tertiary/aromatic N) is 1. The Labute approximate surface area is 274 Å². The first-order chi connectivity index (χ1) is 22.8. The fourth-order valence-electron chi connectivity index (χ4n) is 6.60. The number of rotatable bonds is 12. The third-order valence-corrected chi connectivity index (χ3v) is 9.09. The highest BCUT2D eigenvalue weighted by Crippen LogP contribution is 2.44. The van der Waals surface area contributed by atoms with Crippen molar-refractivity contribution < 1.29 is 29.0 Å². The molecule has 9 heteroatoms. The predicted octanol–water partition coefficient (Wildman–Crippen LogP) is 5.34. The molecule has 0 radical (unpaired) electrons. The summed E-state index contributed by atoms with van der Waals surface area (Å²) in [4.78, 5) is 42.0. The van der Waals surface area contributed by atoms with Crippen LogP contribution in [0.3, 0.4) is 0 Å². The Morgan fingerprint density at radius 1 is 0.851 bits per heavy atom. The number of benzene rings is 4. The molecular formula is C38H39N3O6. The summed E-state index contributed by atoms with van der Waals surface area (Å²) in [6.45, 7) is 3.17. The number of carbonyl (C=O) groups excluding carboxylic acids is 2. The standard InChI is InChI=1S/C38H39N3O6/c1-26(46-23-28-14-6-3-7-15-28)34(35(42)43)39-36(44)38(20-21-41(25-38)22-27-12-4-2-5-13-27)40-37(45)47-24-33-31-18-10-8-16-29(31)30-17-9-11-19-32(30)33/h2-19,26,33-34H,20-25H2,1H3,(H,39,44)(H,40,45)(H,42,43)/t26-,34+,38?/m1/s1. The van der Waals surface area contributed by atoms with Crippen LogP contribution in [0.15, 0.2) is 109 Å². The van der Waals surface area contributed by atoms with Crippen LogP contribution in [-0.4, -0.2) is 65.4 Å². The van der Waals surface area contributed by atoms with Gasteiger partial charge in [-0.05, 0) is 46.7 Å². The number of fused-ring (bicyclic) bond motifs is 3. The Morgan fingerprint density at radius 3 is 2.04 bits per heavy atom. The average molecular weight is 634 g/mol. The van der Waals surface area contributed by atoms with Crippen LogP contribution >= 0.6 is 0 Å². The number of hydrogen-bond donors (Lipinski definition) is 3. The number of amides is 2. The van der Waals surface area contributed by atoms with Crippen molar-refractivity contribution in [2.75, 3.05) is 19.7 Å². The molecule has 0 spiro atoms. The molecule has 4 aromatic rings. The van der Waals surface area contributed by atoms with E-state index in [1.54, 1.807) is 6.92 Å². The van der Waals surface area contributed by atoms with E-state index >= 15 is 0 Å². The maximum absolute atomic E-state index is 14.1. The molecule has 1 saturated heterocycles. The Balaban J connectivity index is 1.17. The highest BCUT2D eigenvalue weighted by molar-refractivity contribution is 5.93. The first-order valence-corrected chi connectivity index (χ1v) is 15.9. The van der Waals surface area contributed by atoms with Crippen LogP contribution in [0.5, 0.6) is 0 Å². The molecule has 4 aromatic carbocycles. The maximum atomic E-state index is 14.1. The van der Waals surface area contributed by atoms with Gasteiger partial charge in [-0.1, -0.05) is 109 Å². The largest absolute Gasteiger partial charge is 0.480 e. The van der Waals surface area contributed by atoms with Gasteiger partial charge in [-0.15, -0.1) is 0 Å². The number of likely N-dealkylation sites (tertiary alicyclic amines) is 1. The molecule has 1 fully saturated rings. The molecule has 9 nitrogen and oxygen atoms in total. The van der Waals surface area contributed by atoms with Crippen LogP contribution < -0.4 is 10.6 Å². The SMILES string of the molecule is C[C@@H](OCc1ccccc1)[C@H](NC(=O)C1(NC(=O)OCC2c3ccccc3-c3ccccc32)CCN(Cc2ccccc2)C1)C(=O)O. The molecule has 2 amide bonds. The molecule has 1 aliphatic heterocycles. The third kappa shape index (κ3) is 7.21. The van der Waals surface area contributed by atoms with Gasteiger partial charge < -0.3 is 25.2 Å². The van der Waals surface area contributed by atoms with Gasteiger partial charge in [-0.2, -0.15) is 0 Å². The van der Waals surface area contributed by atoms with Gasteiger partial charge in [0.2, 0.25) is 5.91 Å². The number of carbonyl (C=O) groups is 3. The molecule has 0 aromatic heterocycles. The summed E-state index contributed by atoms with van der Waals surface area (Å²) in [5.74, 6) is -1.96. The van der Waals surface area contributed by atoms with E-state index in [-0.39, 0.29) is 32.1 Å². The van der Waals surface area contributed by atoms with E-state index in [0.717, 1.165) is 33.4 Å². The molecule has 0 bridgehead atoms. The van der Waals surface area contributed by atoms with Crippen LogP contribution in [0.4, 0.5) is 4.79 Å². The summed E-state index contributed by atoms with van der Waals surface area (Å²) in [6.07, 6.45) is -1.30. The van der Waals surface area contributed by atoms with E-state index < -0.39 is 35.7 Å². The molecule has 47 heavy (non-hydrogen) atoms. The van der Waals surface area contributed by atoms with Gasteiger partial charge in [0.1, 0.15) is 12.1 Å². The quantitative estimate of drug-likeness (QED) is 0.193. The summed E-state index contributed by atoms with van der Waals surface area (Å²) < 4.78 is 11.7. The fraction of sp³-hybridized carbons (Fsp3) is 0.289. The maximum Gasteiger partial charge on any atom is 0.408 e. The lowest BCUT2D eigenvalue weighted by Gasteiger charge is -2.32. The van der Waals surface area contributed by atoms with E-state index in [2.05, 4.69) is 27.7 Å². The Kier molecular flexibility index (Phi) is 9.65. The van der Waals surface area contributed by atoms with E-state index in [1.165, 1.54) is 0 Å². The summed E-state index contributed by atoms with van der Waals surface area (Å²) in [6, 6.07) is 34.1. The number of carboxylic acids is 1. The molecule has 3 N–H and O–H groups in total. The van der Waals surface area contributed by atoms with Crippen molar-refractivity contribution in [2.24, 2.45) is 0 Å². The first-order valence-electron chi connectivity index (χ1n) is 15.9. The van der Waals surface area contributed by atoms with Crippen molar-refractivity contribution in [1.29, 1.82) is 0 Å². The van der Waals surface area contributed by atoms with Gasteiger partial charge in [-0.3, -0.25) is 9.69 Å². The number of hydrogen-bond acceptors (Lipinski definition) is 6. The zero-order chi connectivity index (χ0) is 32.8. The minimum Gasteiger partial charge on any atom is -0.480 e. The van der Waals surface area contributed by atoms with Crippen LogP contribution in [0.1, 0.15) is 41.5 Å². The minimum absolute atomic E-state index is 0.0907. The molecule has 0 saturated carbocycles. The number of aliphatic carboxylic acids is 1. The number of alkyl carbamates (subject to hydrolysis) is 1. The second kappa shape index (κ2) is 14.2. The van der Waals surface area contributed by atoms with Gasteiger partial charge in [-0.25, -0.2) is 9.59 Å². The molecule has 6 rings (SSSR count). The second-order valence-electron chi connectivity index (χ2n) is 12.3. The summed E-state index contributed by atoms with van der Waals surface area (Å²) in [5, 5.41) is 15.7. The lowest BCUT2D eigenvalue weighted by Crippen LogP contribution is -2.64. The zero-order valence-corrected chi connectivity index (χ0v) is 26.3. The third-order valence-electron chi connectivity index (χ3n) is 9.09. The van der Waals surface area contributed by atoms with Crippen molar-refractivity contribution in [3.63, 3.8) is 0 Å². The van der Waals surface area contributed by atoms with Gasteiger partial charge in [0, 0.05) is 25.6 Å². The smallest absolute Gasteiger partial charge is 0.408 e. The molecule has 3 atom stereocenters. The summed E-state index contributed by atoms with van der Waals surface area (Å²) in [7, 11) is 0. The zero-order valence-electron chi connectivity index (χ0n) is 26.3. The molecular weight excluding hydrogens is 594 g/mol. The van der Waals surface area contributed by atoms with Crippen molar-refractivity contribution >= 4 is 18.0 Å². The number of ether oxygens (including phenoxy) is 2. The lowest BCUT2D eigenvalue weighted by molar-refractivity contribution is -0.147. The van der Waals surface area contributed by atoms with E-state index in [1.807, 2.05) is 97.1 Å². The summed E-state index contributed by atoms with van der Waals surface area (Å²) >= 11 is 0. The van der Waals surface area contributed by atoms with Gasteiger partial charge in [0.05, 0.1) is 12.7 Å². The van der Waals surface area contributed by atoms with Crippen LogP contribution in [0.25, 0.3) is 11.1 Å². The Morgan fingerprint density at radius 2 is 1.43 bits per heavy atom. The van der Waals surface area contributed by atoms with Gasteiger partial charge in [0.15, 0.2) is 6.04 Å². The average Bonchev–Trinajstić information content (AvgIpc) is 3.64.